The van der Waals surface area contributed by atoms with Gasteiger partial charge in [0, 0.05) is 35.1 Å². The number of phenolic OH excluding ortho intramolecular Hbond substituents is 1. The van der Waals surface area contributed by atoms with Crippen LogP contribution >= 0.6 is 0 Å². The van der Waals surface area contributed by atoms with E-state index in [1.807, 2.05) is 6.20 Å². The molecule has 1 unspecified atom stereocenters. The molecule has 2 aromatic rings. The van der Waals surface area contributed by atoms with Crippen molar-refractivity contribution in [1.29, 1.82) is 0 Å². The maximum absolute atomic E-state index is 13.4. The molecule has 21 heavy (non-hydrogen) atoms. The molecular weight excluding hydrogens is 269 g/mol. The molecule has 1 aliphatic rings. The van der Waals surface area contributed by atoms with E-state index in [2.05, 4.69) is 22.2 Å². The highest BCUT2D eigenvalue weighted by atomic mass is 19.1. The number of fused-ring (bicyclic) bond motifs is 1. The van der Waals surface area contributed by atoms with Crippen LogP contribution in [0, 0.1) is 5.82 Å². The van der Waals surface area contributed by atoms with Gasteiger partial charge in [-0.25, -0.2) is 14.4 Å². The topological polar surface area (TPSA) is 58.0 Å². The van der Waals surface area contributed by atoms with Crippen LogP contribution < -0.4 is 5.32 Å². The molecule has 0 saturated heterocycles. The minimum Gasteiger partial charge on any atom is -0.508 e. The second-order valence-corrected chi connectivity index (χ2v) is 5.30. The number of benzene rings is 1. The summed E-state index contributed by atoms with van der Waals surface area (Å²) in [5.74, 6) is -0.144. The van der Waals surface area contributed by atoms with Crippen molar-refractivity contribution in [2.45, 2.75) is 32.2 Å². The molecular formula is C16H18FN3O. The molecule has 0 bridgehead atoms. The van der Waals surface area contributed by atoms with Gasteiger partial charge in [0.2, 0.25) is 0 Å². The van der Waals surface area contributed by atoms with E-state index in [1.165, 1.54) is 12.1 Å². The number of rotatable bonds is 3. The number of aromatic nitrogens is 2. The van der Waals surface area contributed by atoms with Crippen LogP contribution in [-0.4, -0.2) is 21.6 Å². The van der Waals surface area contributed by atoms with Crippen molar-refractivity contribution in [3.05, 3.63) is 41.5 Å². The van der Waals surface area contributed by atoms with Crippen molar-refractivity contribution in [2.24, 2.45) is 0 Å². The van der Waals surface area contributed by atoms with Gasteiger partial charge < -0.3 is 10.4 Å². The number of aromatic hydroxyl groups is 1. The van der Waals surface area contributed by atoms with Crippen LogP contribution in [0.3, 0.4) is 0 Å². The molecule has 0 fully saturated rings. The van der Waals surface area contributed by atoms with Crippen LogP contribution in [0.4, 0.5) is 4.39 Å². The normalized spacial score (nSPS) is 17.5. The van der Waals surface area contributed by atoms with Crippen molar-refractivity contribution in [1.82, 2.24) is 15.3 Å². The average molecular weight is 287 g/mol. The summed E-state index contributed by atoms with van der Waals surface area (Å²) in [6, 6.07) is 4.19. The average Bonchev–Trinajstić information content (AvgIpc) is 2.46. The zero-order chi connectivity index (χ0) is 14.8. The van der Waals surface area contributed by atoms with Gasteiger partial charge in [-0.2, -0.15) is 0 Å². The van der Waals surface area contributed by atoms with Gasteiger partial charge in [0.05, 0.1) is 0 Å². The summed E-state index contributed by atoms with van der Waals surface area (Å²) in [6.07, 6.45) is 4.90. The van der Waals surface area contributed by atoms with E-state index in [0.717, 1.165) is 43.1 Å². The minimum absolute atomic E-state index is 0.114. The molecule has 0 aliphatic heterocycles. The zero-order valence-electron chi connectivity index (χ0n) is 11.9. The molecule has 0 spiro atoms. The van der Waals surface area contributed by atoms with Gasteiger partial charge in [0.25, 0.3) is 0 Å². The Morgan fingerprint density at radius 2 is 2.24 bits per heavy atom. The third kappa shape index (κ3) is 2.88. The first-order chi connectivity index (χ1) is 10.2. The van der Waals surface area contributed by atoms with Crippen molar-refractivity contribution >= 4 is 0 Å². The van der Waals surface area contributed by atoms with E-state index >= 15 is 0 Å². The third-order valence-electron chi connectivity index (χ3n) is 3.77. The fraction of sp³-hybridized carbons (Fsp3) is 0.375. The molecule has 1 aromatic heterocycles. The first-order valence-corrected chi connectivity index (χ1v) is 7.26. The highest BCUT2D eigenvalue weighted by Gasteiger charge is 2.21. The summed E-state index contributed by atoms with van der Waals surface area (Å²) < 4.78 is 13.4. The number of hydrogen-bond donors (Lipinski definition) is 2. The smallest absolute Gasteiger partial charge is 0.159 e. The van der Waals surface area contributed by atoms with Gasteiger partial charge in [-0.3, -0.25) is 0 Å². The Balaban J connectivity index is 1.99. The number of nitrogens with zero attached hydrogens (tertiary/aromatic N) is 2. The standard InChI is InChI=1S/C16H18FN3O/c1-2-18-14-4-3-5-15-13(14)9-19-16(20-15)10-6-11(17)8-12(21)7-10/h6-9,14,18,21H,2-5H2,1H3. The third-order valence-corrected chi connectivity index (χ3v) is 3.77. The lowest BCUT2D eigenvalue weighted by molar-refractivity contribution is 0.464. The summed E-state index contributed by atoms with van der Waals surface area (Å²) in [4.78, 5) is 8.92. The molecule has 1 aromatic carbocycles. The number of halogens is 1. The van der Waals surface area contributed by atoms with Gasteiger partial charge in [-0.15, -0.1) is 0 Å². The van der Waals surface area contributed by atoms with Crippen LogP contribution in [-0.2, 0) is 6.42 Å². The van der Waals surface area contributed by atoms with Gasteiger partial charge in [-0.1, -0.05) is 6.92 Å². The van der Waals surface area contributed by atoms with E-state index in [4.69, 9.17) is 0 Å². The van der Waals surface area contributed by atoms with Crippen molar-refractivity contribution in [3.63, 3.8) is 0 Å². The molecule has 1 heterocycles. The Morgan fingerprint density at radius 1 is 1.38 bits per heavy atom. The van der Waals surface area contributed by atoms with Gasteiger partial charge >= 0.3 is 0 Å². The van der Waals surface area contributed by atoms with Crippen molar-refractivity contribution < 1.29 is 9.50 Å². The molecule has 1 atom stereocenters. The second-order valence-electron chi connectivity index (χ2n) is 5.30. The molecule has 3 rings (SSSR count). The fourth-order valence-corrected chi connectivity index (χ4v) is 2.85. The van der Waals surface area contributed by atoms with E-state index in [-0.39, 0.29) is 5.75 Å². The number of hydrogen-bond acceptors (Lipinski definition) is 4. The lowest BCUT2D eigenvalue weighted by Gasteiger charge is -2.25. The summed E-state index contributed by atoms with van der Waals surface area (Å²) in [5, 5.41) is 12.9. The highest BCUT2D eigenvalue weighted by molar-refractivity contribution is 5.58. The van der Waals surface area contributed by atoms with Crippen LogP contribution in [0.25, 0.3) is 11.4 Å². The Hall–Kier alpha value is -2.01. The minimum atomic E-state index is -0.489. The van der Waals surface area contributed by atoms with Crippen LogP contribution in [0.2, 0.25) is 0 Å². The SMILES string of the molecule is CCNC1CCCc2nc(-c3cc(O)cc(F)c3)ncc21. The quantitative estimate of drug-likeness (QED) is 0.911. The summed E-state index contributed by atoms with van der Waals surface area (Å²) in [6.45, 7) is 2.99. The maximum atomic E-state index is 13.4. The van der Waals surface area contributed by atoms with E-state index < -0.39 is 5.82 Å². The van der Waals surface area contributed by atoms with E-state index in [1.54, 1.807) is 0 Å². The number of phenols is 1. The van der Waals surface area contributed by atoms with Crippen molar-refractivity contribution in [2.75, 3.05) is 6.54 Å². The molecule has 0 amide bonds. The summed E-state index contributed by atoms with van der Waals surface area (Å²) in [7, 11) is 0. The highest BCUT2D eigenvalue weighted by Crippen LogP contribution is 2.30. The fourth-order valence-electron chi connectivity index (χ4n) is 2.85. The molecule has 5 heteroatoms. The largest absolute Gasteiger partial charge is 0.508 e. The van der Waals surface area contributed by atoms with Crippen LogP contribution in [0.15, 0.2) is 24.4 Å². The van der Waals surface area contributed by atoms with E-state index in [9.17, 15) is 9.50 Å². The maximum Gasteiger partial charge on any atom is 0.159 e. The molecule has 1 aliphatic carbocycles. The summed E-state index contributed by atoms with van der Waals surface area (Å²) in [5.41, 5.74) is 2.65. The monoisotopic (exact) mass is 287 g/mol. The molecule has 110 valence electrons. The van der Waals surface area contributed by atoms with Crippen LogP contribution in [0.5, 0.6) is 5.75 Å². The van der Waals surface area contributed by atoms with Gasteiger partial charge in [-0.05, 0) is 37.9 Å². The lowest BCUT2D eigenvalue weighted by atomic mass is 9.92. The summed E-state index contributed by atoms with van der Waals surface area (Å²) >= 11 is 0. The molecule has 0 saturated carbocycles. The Kier molecular flexibility index (Phi) is 3.84. The predicted octanol–water partition coefficient (Wildman–Crippen LogP) is 2.98. The van der Waals surface area contributed by atoms with Crippen molar-refractivity contribution in [3.8, 4) is 17.1 Å². The molecule has 0 radical (unpaired) electrons. The van der Waals surface area contributed by atoms with Gasteiger partial charge in [0.1, 0.15) is 11.6 Å². The Labute approximate surface area is 123 Å². The molecule has 2 N–H and O–H groups in total. The zero-order valence-corrected chi connectivity index (χ0v) is 11.9. The van der Waals surface area contributed by atoms with E-state index in [0.29, 0.717) is 17.4 Å². The first kappa shape index (κ1) is 13.9. The second kappa shape index (κ2) is 5.77. The predicted molar refractivity (Wildman–Crippen MR) is 78.4 cm³/mol. The Morgan fingerprint density at radius 3 is 3.00 bits per heavy atom. The Bertz CT molecular complexity index is 640. The molecule has 4 nitrogen and oxygen atoms in total. The van der Waals surface area contributed by atoms with Crippen LogP contribution in [0.1, 0.15) is 37.1 Å². The van der Waals surface area contributed by atoms with Gasteiger partial charge in [0.15, 0.2) is 5.82 Å². The number of nitrogens with one attached hydrogen (secondary N) is 1. The number of aryl methyl sites for hydroxylation is 1. The first-order valence-electron chi connectivity index (χ1n) is 7.26. The lowest BCUT2D eigenvalue weighted by Crippen LogP contribution is -2.25.